The Kier molecular flexibility index (Phi) is 50.4. The van der Waals surface area contributed by atoms with Gasteiger partial charge in [-0.15, -0.1) is 0 Å². The van der Waals surface area contributed by atoms with Gasteiger partial charge in [-0.1, -0.05) is 283 Å². The van der Waals surface area contributed by atoms with Crippen molar-refractivity contribution in [2.45, 2.75) is 290 Å². The van der Waals surface area contributed by atoms with Gasteiger partial charge >= 0.3 is 0 Å². The lowest BCUT2D eigenvalue weighted by atomic mass is 10.0. The van der Waals surface area contributed by atoms with Crippen molar-refractivity contribution in [2.75, 3.05) is 19.0 Å². The molecule has 2 nitrogen and oxygen atoms in total. The Labute approximate surface area is 336 Å². The average Bonchev–Trinajstić information content (AvgIpc) is 3.15. The molecular formula is C48H99O2PS. The average molecular weight is 771 g/mol. The van der Waals surface area contributed by atoms with Crippen molar-refractivity contribution >= 4 is 19.0 Å². The molecule has 4 heteroatoms. The third kappa shape index (κ3) is 46.9. The first-order valence-corrected chi connectivity index (χ1v) is 27.3. The van der Waals surface area contributed by atoms with Crippen LogP contribution >= 0.6 is 19.0 Å². The van der Waals surface area contributed by atoms with E-state index >= 15 is 0 Å². The standard InChI is InChI=1S/C48H99O2PS/c1-4-7-10-13-16-19-22-25-28-31-34-37-40-43-46-49-51(50-47-44-41-38-35-32-29-26-23-20-17-14-11-8-5-2)52-48-45-42-39-36-33-30-27-24-21-18-15-12-9-6-3/h4-48H2,1-3H3. The van der Waals surface area contributed by atoms with E-state index in [4.69, 9.17) is 9.05 Å². The molecule has 0 aromatic carbocycles. The van der Waals surface area contributed by atoms with E-state index in [-0.39, 0.29) is 0 Å². The fraction of sp³-hybridized carbons (Fsp3) is 1.00. The molecule has 0 saturated heterocycles. The van der Waals surface area contributed by atoms with Gasteiger partial charge in [0.2, 0.25) is 7.58 Å². The Balaban J connectivity index is 3.94. The summed E-state index contributed by atoms with van der Waals surface area (Å²) in [6.07, 6.45) is 59.5. The van der Waals surface area contributed by atoms with Gasteiger partial charge in [0.05, 0.1) is 13.2 Å². The highest BCUT2D eigenvalue weighted by Gasteiger charge is 2.12. The van der Waals surface area contributed by atoms with Crippen molar-refractivity contribution in [3.8, 4) is 0 Å². The molecule has 0 aromatic rings. The summed E-state index contributed by atoms with van der Waals surface area (Å²) in [5.74, 6) is 1.21. The van der Waals surface area contributed by atoms with Crippen LogP contribution in [0.1, 0.15) is 290 Å². The van der Waals surface area contributed by atoms with Gasteiger partial charge in [-0.2, -0.15) is 0 Å². The number of rotatable bonds is 48. The highest BCUT2D eigenvalue weighted by atomic mass is 32.7. The van der Waals surface area contributed by atoms with Crippen molar-refractivity contribution < 1.29 is 9.05 Å². The lowest BCUT2D eigenvalue weighted by Crippen LogP contribution is -1.95. The molecule has 52 heavy (non-hydrogen) atoms. The first kappa shape index (κ1) is 52.7. The van der Waals surface area contributed by atoms with Crippen molar-refractivity contribution in [1.82, 2.24) is 0 Å². The van der Waals surface area contributed by atoms with Crippen LogP contribution in [-0.4, -0.2) is 19.0 Å². The van der Waals surface area contributed by atoms with E-state index in [2.05, 4.69) is 20.8 Å². The van der Waals surface area contributed by atoms with E-state index in [1.165, 1.54) is 275 Å². The molecule has 0 aliphatic carbocycles. The number of hydrogen-bond acceptors (Lipinski definition) is 3. The quantitative estimate of drug-likeness (QED) is 0.0453. The van der Waals surface area contributed by atoms with Crippen molar-refractivity contribution in [1.29, 1.82) is 0 Å². The van der Waals surface area contributed by atoms with Crippen LogP contribution in [0.25, 0.3) is 0 Å². The monoisotopic (exact) mass is 771 g/mol. The molecule has 0 unspecified atom stereocenters. The van der Waals surface area contributed by atoms with E-state index in [0.29, 0.717) is 0 Å². The number of hydrogen-bond donors (Lipinski definition) is 0. The van der Waals surface area contributed by atoms with Crippen LogP contribution in [0.5, 0.6) is 0 Å². The van der Waals surface area contributed by atoms with Gasteiger partial charge in [-0.05, 0) is 19.3 Å². The minimum Gasteiger partial charge on any atom is -0.326 e. The summed E-state index contributed by atoms with van der Waals surface area (Å²) in [6, 6.07) is 0. The van der Waals surface area contributed by atoms with Gasteiger partial charge in [-0.25, -0.2) is 0 Å². The molecule has 314 valence electrons. The maximum Gasteiger partial charge on any atom is 0.238 e. The third-order valence-corrected chi connectivity index (χ3v) is 14.4. The Morgan fingerprint density at radius 1 is 0.250 bits per heavy atom. The first-order valence-electron chi connectivity index (χ1n) is 24.5. The summed E-state index contributed by atoms with van der Waals surface area (Å²) in [5.41, 5.74) is 0. The zero-order valence-corrected chi connectivity index (χ0v) is 38.2. The predicted molar refractivity (Wildman–Crippen MR) is 242 cm³/mol. The van der Waals surface area contributed by atoms with Crippen molar-refractivity contribution in [3.63, 3.8) is 0 Å². The smallest absolute Gasteiger partial charge is 0.238 e. The Morgan fingerprint density at radius 2 is 0.442 bits per heavy atom. The molecule has 0 amide bonds. The molecule has 0 N–H and O–H groups in total. The summed E-state index contributed by atoms with van der Waals surface area (Å²) in [5, 5.41) is 0. The van der Waals surface area contributed by atoms with Crippen molar-refractivity contribution in [2.24, 2.45) is 0 Å². The molecule has 0 heterocycles. The van der Waals surface area contributed by atoms with Gasteiger partial charge in [0.25, 0.3) is 0 Å². The molecule has 0 fully saturated rings. The van der Waals surface area contributed by atoms with E-state index < -0.39 is 7.58 Å². The maximum atomic E-state index is 6.39. The second-order valence-electron chi connectivity index (χ2n) is 16.5. The van der Waals surface area contributed by atoms with Gasteiger partial charge in [0.15, 0.2) is 0 Å². The fourth-order valence-electron chi connectivity index (χ4n) is 7.42. The topological polar surface area (TPSA) is 18.5 Å². The highest BCUT2D eigenvalue weighted by Crippen LogP contribution is 2.52. The molecule has 0 saturated carbocycles. The van der Waals surface area contributed by atoms with Crippen LogP contribution < -0.4 is 0 Å². The summed E-state index contributed by atoms with van der Waals surface area (Å²) < 4.78 is 12.8. The lowest BCUT2D eigenvalue weighted by molar-refractivity contribution is 0.251. The second-order valence-corrected chi connectivity index (χ2v) is 19.8. The summed E-state index contributed by atoms with van der Waals surface area (Å²) >= 11 is 2.00. The Hall–Kier alpha value is 0.700. The second kappa shape index (κ2) is 49.7. The lowest BCUT2D eigenvalue weighted by Gasteiger charge is -2.17. The van der Waals surface area contributed by atoms with Gasteiger partial charge in [0.1, 0.15) is 0 Å². The Bertz CT molecular complexity index is 524. The van der Waals surface area contributed by atoms with E-state index in [1.807, 2.05) is 11.4 Å². The highest BCUT2D eigenvalue weighted by molar-refractivity contribution is 8.52. The van der Waals surface area contributed by atoms with Crippen LogP contribution in [0, 0.1) is 0 Å². The molecule has 0 aromatic heterocycles. The molecule has 0 bridgehead atoms. The molecule has 0 aliphatic rings. The summed E-state index contributed by atoms with van der Waals surface area (Å²) in [7, 11) is -0.769. The van der Waals surface area contributed by atoms with Gasteiger partial charge in [0, 0.05) is 5.75 Å². The molecule has 0 atom stereocenters. The minimum absolute atomic E-state index is 0.769. The molecular weight excluding hydrogens is 672 g/mol. The Morgan fingerprint density at radius 3 is 0.673 bits per heavy atom. The predicted octanol–water partition coefficient (Wildman–Crippen LogP) is 19.4. The van der Waals surface area contributed by atoms with Gasteiger partial charge < -0.3 is 9.05 Å². The van der Waals surface area contributed by atoms with Crippen LogP contribution in [0.4, 0.5) is 0 Å². The normalized spacial score (nSPS) is 11.8. The molecule has 0 radical (unpaired) electrons. The SMILES string of the molecule is CCCCCCCCCCCCCCCCOP(OCCCCCCCCCCCCCCCC)SCCCCCCCCCCCCCCCC. The summed E-state index contributed by atoms with van der Waals surface area (Å²) in [4.78, 5) is 0. The third-order valence-electron chi connectivity index (χ3n) is 11.1. The van der Waals surface area contributed by atoms with Crippen LogP contribution in [-0.2, 0) is 9.05 Å². The van der Waals surface area contributed by atoms with E-state index in [9.17, 15) is 0 Å². The van der Waals surface area contributed by atoms with Gasteiger partial charge in [-0.3, -0.25) is 0 Å². The van der Waals surface area contributed by atoms with E-state index in [1.54, 1.807) is 0 Å². The van der Waals surface area contributed by atoms with E-state index in [0.717, 1.165) is 13.2 Å². The minimum atomic E-state index is -0.769. The molecule has 0 aliphatic heterocycles. The van der Waals surface area contributed by atoms with Crippen LogP contribution in [0.2, 0.25) is 0 Å². The largest absolute Gasteiger partial charge is 0.326 e. The first-order chi connectivity index (χ1) is 25.8. The zero-order chi connectivity index (χ0) is 37.5. The fourth-order valence-corrected chi connectivity index (χ4v) is 10.4. The maximum absolute atomic E-state index is 6.39. The zero-order valence-electron chi connectivity index (χ0n) is 36.5. The molecule has 0 rings (SSSR count). The van der Waals surface area contributed by atoms with Crippen LogP contribution in [0.15, 0.2) is 0 Å². The summed E-state index contributed by atoms with van der Waals surface area (Å²) in [6.45, 7) is 8.72. The van der Waals surface area contributed by atoms with Crippen molar-refractivity contribution in [3.05, 3.63) is 0 Å². The number of unbranched alkanes of at least 4 members (excludes halogenated alkanes) is 39. The van der Waals surface area contributed by atoms with Crippen LogP contribution in [0.3, 0.4) is 0 Å². The molecule has 0 spiro atoms.